The summed E-state index contributed by atoms with van der Waals surface area (Å²) in [6.07, 6.45) is 1.65. The molecule has 0 aliphatic carbocycles. The summed E-state index contributed by atoms with van der Waals surface area (Å²) in [6, 6.07) is 18.2. The summed E-state index contributed by atoms with van der Waals surface area (Å²) in [5.74, 6) is 1.53. The largest absolute Gasteiger partial charge is 0.494 e. The number of aliphatic imine (C=N–C) groups is 1. The van der Waals surface area contributed by atoms with Crippen molar-refractivity contribution in [1.82, 2.24) is 4.98 Å². The van der Waals surface area contributed by atoms with Gasteiger partial charge in [0.05, 0.1) is 49.6 Å². The molecule has 1 aliphatic rings. The van der Waals surface area contributed by atoms with Gasteiger partial charge in [-0.15, -0.1) is 0 Å². The number of amidine groups is 1. The van der Waals surface area contributed by atoms with Crippen molar-refractivity contribution in [2.45, 2.75) is 6.92 Å². The Hall–Kier alpha value is -4.55. The van der Waals surface area contributed by atoms with E-state index in [1.54, 1.807) is 18.2 Å². The third-order valence-corrected chi connectivity index (χ3v) is 7.96. The third-order valence-electron chi connectivity index (χ3n) is 6.08. The number of para-hydroxylation sites is 1. The number of hydrogen-bond donors (Lipinski definition) is 1. The van der Waals surface area contributed by atoms with E-state index in [9.17, 15) is 9.59 Å². The highest BCUT2D eigenvalue weighted by Crippen LogP contribution is 2.39. The van der Waals surface area contributed by atoms with Crippen molar-refractivity contribution in [2.24, 2.45) is 4.99 Å². The van der Waals surface area contributed by atoms with Crippen LogP contribution in [0.4, 0.5) is 10.8 Å². The van der Waals surface area contributed by atoms with Crippen LogP contribution in [0.25, 0.3) is 16.3 Å². The Morgan fingerprint density at radius 1 is 1.02 bits per heavy atom. The molecule has 42 heavy (non-hydrogen) atoms. The first kappa shape index (κ1) is 29.0. The van der Waals surface area contributed by atoms with Gasteiger partial charge in [0.2, 0.25) is 11.7 Å². The number of nitrogens with one attached hydrogen (secondary N) is 1. The molecule has 0 saturated heterocycles. The molecule has 216 valence electrons. The fraction of sp³-hybridized carbons (Fsp3) is 0.200. The molecule has 10 nitrogen and oxygen atoms in total. The van der Waals surface area contributed by atoms with Crippen molar-refractivity contribution >= 4 is 67.2 Å². The maximum atomic E-state index is 13.6. The Morgan fingerprint density at radius 3 is 2.43 bits per heavy atom. The van der Waals surface area contributed by atoms with Gasteiger partial charge in [-0.05, 0) is 61.0 Å². The summed E-state index contributed by atoms with van der Waals surface area (Å²) in [4.78, 5) is 37.1. The molecule has 0 fully saturated rings. The molecule has 4 aromatic rings. The molecular weight excluding hydrogens is 576 g/mol. The number of hydrogen-bond acceptors (Lipinski definition) is 10. The molecule has 5 rings (SSSR count). The quantitative estimate of drug-likeness (QED) is 0.225. The molecule has 0 radical (unpaired) electrons. The lowest BCUT2D eigenvalue weighted by atomic mass is 10.1. The Bertz CT molecular complexity index is 1660. The van der Waals surface area contributed by atoms with Gasteiger partial charge in [-0.2, -0.15) is 0 Å². The number of carbonyl (C=O) groups is 2. The van der Waals surface area contributed by atoms with E-state index in [-0.39, 0.29) is 23.3 Å². The maximum Gasteiger partial charge on any atom is 0.283 e. The minimum Gasteiger partial charge on any atom is -0.494 e. The van der Waals surface area contributed by atoms with E-state index in [0.29, 0.717) is 45.4 Å². The summed E-state index contributed by atoms with van der Waals surface area (Å²) in [5.41, 5.74) is 2.25. The van der Waals surface area contributed by atoms with Crippen LogP contribution in [-0.2, 0) is 9.59 Å². The summed E-state index contributed by atoms with van der Waals surface area (Å²) in [5, 5.41) is 3.72. The van der Waals surface area contributed by atoms with Gasteiger partial charge in [0.15, 0.2) is 21.8 Å². The number of benzene rings is 3. The van der Waals surface area contributed by atoms with Crippen LogP contribution in [0.2, 0.25) is 0 Å². The average molecular weight is 605 g/mol. The number of rotatable bonds is 10. The first-order valence-electron chi connectivity index (χ1n) is 12.9. The number of nitrogens with zero attached hydrogens (tertiary/aromatic N) is 3. The number of anilines is 2. The molecule has 0 atom stereocenters. The zero-order valence-corrected chi connectivity index (χ0v) is 25.0. The van der Waals surface area contributed by atoms with Crippen LogP contribution >= 0.6 is 23.1 Å². The maximum absolute atomic E-state index is 13.6. The van der Waals surface area contributed by atoms with E-state index in [1.165, 1.54) is 37.6 Å². The highest BCUT2D eigenvalue weighted by Gasteiger charge is 2.32. The smallest absolute Gasteiger partial charge is 0.283 e. The van der Waals surface area contributed by atoms with Crippen molar-refractivity contribution in [3.8, 4) is 23.0 Å². The van der Waals surface area contributed by atoms with Crippen molar-refractivity contribution in [3.63, 3.8) is 0 Å². The van der Waals surface area contributed by atoms with Gasteiger partial charge in [0.1, 0.15) is 11.4 Å². The van der Waals surface area contributed by atoms with Crippen LogP contribution in [0.15, 0.2) is 71.4 Å². The van der Waals surface area contributed by atoms with Crippen LogP contribution < -0.4 is 29.2 Å². The number of ether oxygens (including phenoxy) is 4. The van der Waals surface area contributed by atoms with Gasteiger partial charge in [0.25, 0.3) is 5.91 Å². The molecule has 2 heterocycles. The van der Waals surface area contributed by atoms with E-state index in [0.717, 1.165) is 27.7 Å². The van der Waals surface area contributed by atoms with Crippen LogP contribution in [0.1, 0.15) is 12.5 Å². The summed E-state index contributed by atoms with van der Waals surface area (Å²) < 4.78 is 22.8. The number of carbonyl (C=O) groups excluding carboxylic acids is 2. The monoisotopic (exact) mass is 604 g/mol. The lowest BCUT2D eigenvalue weighted by Gasteiger charge is -2.17. The van der Waals surface area contributed by atoms with Crippen molar-refractivity contribution in [3.05, 3.63) is 71.9 Å². The Kier molecular flexibility index (Phi) is 8.94. The van der Waals surface area contributed by atoms with Crippen LogP contribution in [0.3, 0.4) is 0 Å². The summed E-state index contributed by atoms with van der Waals surface area (Å²) in [7, 11) is 4.57. The van der Waals surface area contributed by atoms with Gasteiger partial charge in [0, 0.05) is 0 Å². The van der Waals surface area contributed by atoms with Crippen LogP contribution in [0, 0.1) is 0 Å². The lowest BCUT2D eigenvalue weighted by Crippen LogP contribution is -2.31. The van der Waals surface area contributed by atoms with Crippen LogP contribution in [0.5, 0.6) is 23.0 Å². The van der Waals surface area contributed by atoms with E-state index in [2.05, 4.69) is 15.3 Å². The Balaban J connectivity index is 1.38. The van der Waals surface area contributed by atoms with E-state index in [4.69, 9.17) is 18.9 Å². The van der Waals surface area contributed by atoms with Crippen molar-refractivity contribution < 1.29 is 28.5 Å². The fourth-order valence-corrected chi connectivity index (χ4v) is 5.96. The molecule has 0 saturated carbocycles. The highest BCUT2D eigenvalue weighted by atomic mass is 32.2. The zero-order chi connectivity index (χ0) is 29.6. The molecule has 0 spiro atoms. The summed E-state index contributed by atoms with van der Waals surface area (Å²) in [6.45, 7) is 2.49. The SMILES string of the molecule is CCOc1ccc2nc(NC(=O)CSC3=N/C(=C/c4cc(OC)c(OC)c(OC)c4)C(=O)N3c3ccccc3)sc2c1. The van der Waals surface area contributed by atoms with Crippen molar-refractivity contribution in [2.75, 3.05) is 43.9 Å². The second-order valence-corrected chi connectivity index (χ2v) is 10.8. The van der Waals surface area contributed by atoms with Gasteiger partial charge in [-0.1, -0.05) is 41.3 Å². The highest BCUT2D eigenvalue weighted by molar-refractivity contribution is 8.14. The lowest BCUT2D eigenvalue weighted by molar-refractivity contribution is -0.114. The molecule has 0 unspecified atom stereocenters. The molecule has 1 aliphatic heterocycles. The number of amides is 2. The second kappa shape index (κ2) is 13.0. The molecule has 1 N–H and O–H groups in total. The minimum absolute atomic E-state index is 0.0209. The standard InChI is InChI=1S/C30H28N4O6S2/c1-5-40-20-11-12-21-25(16-20)42-29(31-21)33-26(35)17-41-30-32-22(28(36)34(30)19-9-7-6-8-10-19)13-18-14-23(37-2)27(39-4)24(15-18)38-3/h6-16H,5,17H2,1-4H3,(H,31,33,35)/b22-13+. The van der Waals surface area contributed by atoms with Gasteiger partial charge in [-0.25, -0.2) is 9.98 Å². The molecule has 0 bridgehead atoms. The average Bonchev–Trinajstić information content (AvgIpc) is 3.54. The topological polar surface area (TPSA) is 112 Å². The first-order valence-corrected chi connectivity index (χ1v) is 14.7. The number of thioether (sulfide) groups is 1. The van der Waals surface area contributed by atoms with Crippen LogP contribution in [-0.4, -0.2) is 55.7 Å². The van der Waals surface area contributed by atoms with Gasteiger partial charge >= 0.3 is 0 Å². The molecule has 1 aromatic heterocycles. The number of fused-ring (bicyclic) bond motifs is 1. The number of thiazole rings is 1. The van der Waals surface area contributed by atoms with E-state index in [1.807, 2.05) is 55.5 Å². The second-order valence-electron chi connectivity index (χ2n) is 8.78. The van der Waals surface area contributed by atoms with Gasteiger partial charge < -0.3 is 24.3 Å². The fourth-order valence-electron chi connectivity index (χ4n) is 4.24. The first-order chi connectivity index (χ1) is 20.4. The molecule has 12 heteroatoms. The van der Waals surface area contributed by atoms with E-state index < -0.39 is 0 Å². The third kappa shape index (κ3) is 6.19. The normalized spacial score (nSPS) is 13.8. The predicted octanol–water partition coefficient (Wildman–Crippen LogP) is 5.84. The van der Waals surface area contributed by atoms with Crippen molar-refractivity contribution in [1.29, 1.82) is 0 Å². The minimum atomic E-state index is -0.325. The van der Waals surface area contributed by atoms with E-state index >= 15 is 0 Å². The molecule has 2 amide bonds. The predicted molar refractivity (Wildman–Crippen MR) is 167 cm³/mol. The number of methoxy groups -OCH3 is 3. The molecule has 3 aromatic carbocycles. The summed E-state index contributed by atoms with van der Waals surface area (Å²) >= 11 is 2.53. The zero-order valence-electron chi connectivity index (χ0n) is 23.4. The Labute approximate surface area is 251 Å². The number of aromatic nitrogens is 1. The Morgan fingerprint density at radius 2 is 1.76 bits per heavy atom. The van der Waals surface area contributed by atoms with Gasteiger partial charge in [-0.3, -0.25) is 14.5 Å². The molecular formula is C30H28N4O6S2.